The molecule has 3 heteroatoms. The zero-order valence-corrected chi connectivity index (χ0v) is 9.65. The summed E-state index contributed by atoms with van der Waals surface area (Å²) in [7, 11) is 0. The molecule has 1 aromatic carbocycles. The molecule has 1 aromatic rings. The predicted octanol–water partition coefficient (Wildman–Crippen LogP) is 1.52. The highest BCUT2D eigenvalue weighted by Crippen LogP contribution is 2.32. The smallest absolute Gasteiger partial charge is 0.122 e. The lowest BCUT2D eigenvalue weighted by Gasteiger charge is -2.27. The van der Waals surface area contributed by atoms with Gasteiger partial charge in [0.2, 0.25) is 0 Å². The highest BCUT2D eigenvalue weighted by Gasteiger charge is 2.20. The van der Waals surface area contributed by atoms with Crippen LogP contribution < -0.4 is 10.1 Å². The molecule has 2 atom stereocenters. The van der Waals surface area contributed by atoms with Crippen LogP contribution in [0.4, 0.5) is 0 Å². The Morgan fingerprint density at radius 2 is 2.31 bits per heavy atom. The van der Waals surface area contributed by atoms with E-state index in [0.717, 1.165) is 25.3 Å². The van der Waals surface area contributed by atoms with Crippen LogP contribution in [-0.2, 0) is 0 Å². The molecule has 2 unspecified atom stereocenters. The molecule has 2 rings (SSSR count). The Morgan fingerprint density at radius 3 is 3.12 bits per heavy atom. The number of para-hydroxylation sites is 1. The number of fused-ring (bicyclic) bond motifs is 1. The van der Waals surface area contributed by atoms with Crippen LogP contribution in [0.1, 0.15) is 24.8 Å². The molecular formula is C13H19NO2. The highest BCUT2D eigenvalue weighted by atomic mass is 16.5. The minimum atomic E-state index is 0.162. The van der Waals surface area contributed by atoms with Crippen molar-refractivity contribution in [3.05, 3.63) is 29.8 Å². The molecule has 0 bridgehead atoms. The number of nitrogens with one attached hydrogen (secondary N) is 1. The maximum absolute atomic E-state index is 8.97. The fraction of sp³-hybridized carbons (Fsp3) is 0.538. The highest BCUT2D eigenvalue weighted by molar-refractivity contribution is 5.37. The molecule has 1 heterocycles. The van der Waals surface area contributed by atoms with Crippen molar-refractivity contribution in [2.24, 2.45) is 0 Å². The van der Waals surface area contributed by atoms with E-state index in [9.17, 15) is 0 Å². The SMILES string of the molecule is CC(CO)NCC1CCOc2ccccc21. The molecule has 88 valence electrons. The number of aliphatic hydroxyl groups is 1. The van der Waals surface area contributed by atoms with Crippen LogP contribution in [0.5, 0.6) is 5.75 Å². The van der Waals surface area contributed by atoms with Gasteiger partial charge in [-0.15, -0.1) is 0 Å². The summed E-state index contributed by atoms with van der Waals surface area (Å²) < 4.78 is 5.61. The van der Waals surface area contributed by atoms with E-state index in [1.165, 1.54) is 5.56 Å². The zero-order valence-electron chi connectivity index (χ0n) is 9.65. The van der Waals surface area contributed by atoms with Crippen molar-refractivity contribution in [1.82, 2.24) is 5.32 Å². The van der Waals surface area contributed by atoms with Crippen molar-refractivity contribution in [2.75, 3.05) is 19.8 Å². The van der Waals surface area contributed by atoms with E-state index >= 15 is 0 Å². The molecule has 0 spiro atoms. The van der Waals surface area contributed by atoms with Crippen molar-refractivity contribution in [3.8, 4) is 5.75 Å². The van der Waals surface area contributed by atoms with Gasteiger partial charge in [-0.25, -0.2) is 0 Å². The molecule has 0 aliphatic carbocycles. The molecule has 0 radical (unpaired) electrons. The standard InChI is InChI=1S/C13H19NO2/c1-10(9-15)14-8-11-6-7-16-13-5-3-2-4-12(11)13/h2-5,10-11,14-15H,6-9H2,1H3. The number of hydrogen-bond donors (Lipinski definition) is 2. The number of aliphatic hydroxyl groups excluding tert-OH is 1. The second-order valence-corrected chi connectivity index (χ2v) is 4.36. The van der Waals surface area contributed by atoms with E-state index in [1.54, 1.807) is 0 Å². The average Bonchev–Trinajstić information content (AvgIpc) is 2.35. The van der Waals surface area contributed by atoms with E-state index in [0.29, 0.717) is 5.92 Å². The van der Waals surface area contributed by atoms with Crippen LogP contribution in [0.25, 0.3) is 0 Å². The van der Waals surface area contributed by atoms with Crippen molar-refractivity contribution >= 4 is 0 Å². The summed E-state index contributed by atoms with van der Waals surface area (Å²) in [6.07, 6.45) is 1.04. The molecule has 0 saturated carbocycles. The maximum atomic E-state index is 8.97. The molecule has 16 heavy (non-hydrogen) atoms. The van der Waals surface area contributed by atoms with Crippen LogP contribution in [0.2, 0.25) is 0 Å². The van der Waals surface area contributed by atoms with Gasteiger partial charge in [0, 0.05) is 18.5 Å². The van der Waals surface area contributed by atoms with Gasteiger partial charge in [0.1, 0.15) is 5.75 Å². The number of hydrogen-bond acceptors (Lipinski definition) is 3. The monoisotopic (exact) mass is 221 g/mol. The lowest BCUT2D eigenvalue weighted by molar-refractivity contribution is 0.236. The molecule has 2 N–H and O–H groups in total. The second-order valence-electron chi connectivity index (χ2n) is 4.36. The minimum absolute atomic E-state index is 0.162. The fourth-order valence-electron chi connectivity index (χ4n) is 2.04. The first kappa shape index (κ1) is 11.4. The summed E-state index contributed by atoms with van der Waals surface area (Å²) in [5.74, 6) is 1.51. The lowest BCUT2D eigenvalue weighted by Crippen LogP contribution is -2.34. The summed E-state index contributed by atoms with van der Waals surface area (Å²) in [5, 5.41) is 12.3. The first-order chi connectivity index (χ1) is 7.81. The quantitative estimate of drug-likeness (QED) is 0.810. The summed E-state index contributed by atoms with van der Waals surface area (Å²) >= 11 is 0. The predicted molar refractivity (Wildman–Crippen MR) is 63.8 cm³/mol. The van der Waals surface area contributed by atoms with Crippen molar-refractivity contribution < 1.29 is 9.84 Å². The summed E-state index contributed by atoms with van der Waals surface area (Å²) in [5.41, 5.74) is 1.28. The van der Waals surface area contributed by atoms with Crippen LogP contribution in [-0.4, -0.2) is 30.9 Å². The third-order valence-corrected chi connectivity index (χ3v) is 3.07. The molecular weight excluding hydrogens is 202 g/mol. The van der Waals surface area contributed by atoms with Gasteiger partial charge in [0.05, 0.1) is 13.2 Å². The second kappa shape index (κ2) is 5.32. The van der Waals surface area contributed by atoms with Crippen LogP contribution >= 0.6 is 0 Å². The van der Waals surface area contributed by atoms with Gasteiger partial charge in [-0.05, 0) is 25.0 Å². The Labute approximate surface area is 96.4 Å². The summed E-state index contributed by atoms with van der Waals surface area (Å²) in [6.45, 7) is 3.87. The van der Waals surface area contributed by atoms with Gasteiger partial charge in [-0.2, -0.15) is 0 Å². The molecule has 0 aromatic heterocycles. The van der Waals surface area contributed by atoms with E-state index in [4.69, 9.17) is 9.84 Å². The van der Waals surface area contributed by atoms with E-state index in [2.05, 4.69) is 17.4 Å². The van der Waals surface area contributed by atoms with E-state index in [-0.39, 0.29) is 12.6 Å². The molecule has 0 fully saturated rings. The minimum Gasteiger partial charge on any atom is -0.493 e. The van der Waals surface area contributed by atoms with Gasteiger partial charge in [0.25, 0.3) is 0 Å². The Hall–Kier alpha value is -1.06. The molecule has 3 nitrogen and oxygen atoms in total. The summed E-state index contributed by atoms with van der Waals surface area (Å²) in [4.78, 5) is 0. The Bertz CT molecular complexity index is 340. The van der Waals surface area contributed by atoms with Crippen molar-refractivity contribution in [1.29, 1.82) is 0 Å². The molecule has 1 aliphatic heterocycles. The van der Waals surface area contributed by atoms with Gasteiger partial charge in [-0.1, -0.05) is 18.2 Å². The average molecular weight is 221 g/mol. The lowest BCUT2D eigenvalue weighted by atomic mass is 9.93. The largest absolute Gasteiger partial charge is 0.493 e. The van der Waals surface area contributed by atoms with E-state index < -0.39 is 0 Å². The van der Waals surface area contributed by atoms with Gasteiger partial charge >= 0.3 is 0 Å². The normalized spacial score (nSPS) is 21.0. The third-order valence-electron chi connectivity index (χ3n) is 3.07. The number of benzene rings is 1. The van der Waals surface area contributed by atoms with Crippen LogP contribution in [0.3, 0.4) is 0 Å². The van der Waals surface area contributed by atoms with Crippen molar-refractivity contribution in [2.45, 2.75) is 25.3 Å². The first-order valence-electron chi connectivity index (χ1n) is 5.87. The maximum Gasteiger partial charge on any atom is 0.122 e. The Kier molecular flexibility index (Phi) is 3.80. The third kappa shape index (κ3) is 2.54. The Balaban J connectivity index is 2.01. The van der Waals surface area contributed by atoms with Crippen LogP contribution in [0, 0.1) is 0 Å². The fourth-order valence-corrected chi connectivity index (χ4v) is 2.04. The summed E-state index contributed by atoms with van der Waals surface area (Å²) in [6, 6.07) is 8.37. The van der Waals surface area contributed by atoms with Gasteiger partial charge < -0.3 is 15.2 Å². The van der Waals surface area contributed by atoms with Gasteiger partial charge in [0.15, 0.2) is 0 Å². The van der Waals surface area contributed by atoms with Crippen molar-refractivity contribution in [3.63, 3.8) is 0 Å². The molecule has 0 saturated heterocycles. The molecule has 1 aliphatic rings. The Morgan fingerprint density at radius 1 is 1.50 bits per heavy atom. The first-order valence-corrected chi connectivity index (χ1v) is 5.87. The van der Waals surface area contributed by atoms with Gasteiger partial charge in [-0.3, -0.25) is 0 Å². The number of ether oxygens (including phenoxy) is 1. The number of rotatable bonds is 4. The topological polar surface area (TPSA) is 41.5 Å². The zero-order chi connectivity index (χ0) is 11.4. The van der Waals surface area contributed by atoms with Crippen LogP contribution in [0.15, 0.2) is 24.3 Å². The van der Waals surface area contributed by atoms with E-state index in [1.807, 2.05) is 19.1 Å². The molecule has 0 amide bonds.